The Kier molecular flexibility index (Phi) is 2.26. The molecule has 1 aromatic heterocycles. The zero-order valence-corrected chi connectivity index (χ0v) is 13.2. The molecule has 0 fully saturated rings. The molecule has 5 rings (SSSR count). The van der Waals surface area contributed by atoms with Crippen LogP contribution in [0.1, 0.15) is 11.1 Å². The largest absolute Gasteiger partial charge is 0.346 e. The van der Waals surface area contributed by atoms with E-state index < -0.39 is 0 Å². The van der Waals surface area contributed by atoms with Gasteiger partial charge in [0.1, 0.15) is 9.84 Å². The molecular weight excluding hydrogens is 288 g/mol. The summed E-state index contributed by atoms with van der Waals surface area (Å²) >= 11 is 1.75. The van der Waals surface area contributed by atoms with Crippen LogP contribution in [0, 0.1) is 13.8 Å². The fourth-order valence-electron chi connectivity index (χ4n) is 3.23. The lowest BCUT2D eigenvalue weighted by molar-refractivity contribution is 1.48. The summed E-state index contributed by atoms with van der Waals surface area (Å²) in [6, 6.07) is 15.4. The van der Waals surface area contributed by atoms with Crippen molar-refractivity contribution >= 4 is 43.4 Å². The van der Waals surface area contributed by atoms with E-state index >= 15 is 0 Å². The molecule has 3 heteroatoms. The van der Waals surface area contributed by atoms with Crippen molar-refractivity contribution in [1.82, 2.24) is 9.97 Å². The number of nitrogens with one attached hydrogen (secondary N) is 1. The van der Waals surface area contributed by atoms with E-state index in [2.05, 4.69) is 61.3 Å². The summed E-state index contributed by atoms with van der Waals surface area (Å²) < 4.78 is 0. The highest BCUT2D eigenvalue weighted by atomic mass is 32.1. The van der Waals surface area contributed by atoms with Crippen LogP contribution in [0.4, 0.5) is 0 Å². The molecule has 0 aliphatic carbocycles. The average Bonchev–Trinajstić information content (AvgIpc) is 3.02. The molecule has 0 spiro atoms. The standard InChI is InChI=1S/C19H14N2S/c1-10-3-5-16-12(7-10)14-9-15-13-8-11(2)4-6-17(13)21-19(15)22-18(14)20-16/h3-9,20H,1-2H3. The molecule has 3 heterocycles. The molecule has 22 heavy (non-hydrogen) atoms. The molecule has 0 bridgehead atoms. The second kappa shape index (κ2) is 4.08. The van der Waals surface area contributed by atoms with E-state index in [1.54, 1.807) is 11.3 Å². The maximum atomic E-state index is 4.79. The molecule has 1 N–H and O–H groups in total. The van der Waals surface area contributed by atoms with Crippen LogP contribution in [0.25, 0.3) is 42.6 Å². The van der Waals surface area contributed by atoms with Crippen LogP contribution in [0.5, 0.6) is 0 Å². The number of rotatable bonds is 0. The third kappa shape index (κ3) is 1.57. The molecule has 0 radical (unpaired) electrons. The maximum Gasteiger partial charge on any atom is 0.126 e. The molecule has 0 atom stereocenters. The first-order valence-corrected chi connectivity index (χ1v) is 8.23. The van der Waals surface area contributed by atoms with E-state index in [9.17, 15) is 0 Å². The first-order valence-electron chi connectivity index (χ1n) is 7.41. The minimum absolute atomic E-state index is 1.09. The highest BCUT2D eigenvalue weighted by Gasteiger charge is 2.16. The van der Waals surface area contributed by atoms with Crippen molar-refractivity contribution in [2.45, 2.75) is 13.8 Å². The number of aryl methyl sites for hydroxylation is 2. The predicted octanol–water partition coefficient (Wildman–Crippen LogP) is 5.65. The predicted molar refractivity (Wildman–Crippen MR) is 95.1 cm³/mol. The summed E-state index contributed by atoms with van der Waals surface area (Å²) in [5.74, 6) is 0. The molecule has 2 nitrogen and oxygen atoms in total. The monoisotopic (exact) mass is 302 g/mol. The van der Waals surface area contributed by atoms with Gasteiger partial charge in [-0.3, -0.25) is 0 Å². The third-order valence-corrected chi connectivity index (χ3v) is 5.37. The Labute approximate surface area is 131 Å². The van der Waals surface area contributed by atoms with Gasteiger partial charge in [-0.2, -0.15) is 0 Å². The summed E-state index contributed by atoms with van der Waals surface area (Å²) in [4.78, 5) is 9.53. The second-order valence-electron chi connectivity index (χ2n) is 6.01. The van der Waals surface area contributed by atoms with Crippen LogP contribution in [0.2, 0.25) is 0 Å². The number of H-pyrrole nitrogens is 1. The highest BCUT2D eigenvalue weighted by Crippen LogP contribution is 2.40. The van der Waals surface area contributed by atoms with Gasteiger partial charge in [-0.25, -0.2) is 4.98 Å². The fraction of sp³-hybridized carbons (Fsp3) is 0.105. The molecule has 106 valence electrons. The van der Waals surface area contributed by atoms with Gasteiger partial charge in [-0.05, 0) is 44.2 Å². The number of benzene rings is 2. The van der Waals surface area contributed by atoms with Crippen LogP contribution >= 0.6 is 11.3 Å². The Hall–Kier alpha value is -2.39. The van der Waals surface area contributed by atoms with Crippen LogP contribution in [-0.2, 0) is 0 Å². The van der Waals surface area contributed by atoms with Crippen molar-refractivity contribution in [3.05, 3.63) is 53.6 Å². The fourth-order valence-corrected chi connectivity index (χ4v) is 4.29. The molecule has 0 unspecified atom stereocenters. The third-order valence-electron chi connectivity index (χ3n) is 4.34. The van der Waals surface area contributed by atoms with Crippen molar-refractivity contribution in [1.29, 1.82) is 0 Å². The van der Waals surface area contributed by atoms with Crippen molar-refractivity contribution in [2.24, 2.45) is 0 Å². The van der Waals surface area contributed by atoms with E-state index in [4.69, 9.17) is 4.98 Å². The maximum absolute atomic E-state index is 4.79. The summed E-state index contributed by atoms with van der Waals surface area (Å²) in [5, 5.41) is 4.97. The summed E-state index contributed by atoms with van der Waals surface area (Å²) in [6.45, 7) is 4.28. The van der Waals surface area contributed by atoms with E-state index in [1.165, 1.54) is 43.2 Å². The van der Waals surface area contributed by atoms with Gasteiger partial charge in [0.15, 0.2) is 0 Å². The van der Waals surface area contributed by atoms with Gasteiger partial charge >= 0.3 is 0 Å². The Bertz CT molecular complexity index is 1140. The van der Waals surface area contributed by atoms with Crippen molar-refractivity contribution in [3.8, 4) is 10.6 Å². The van der Waals surface area contributed by atoms with Crippen LogP contribution in [0.3, 0.4) is 0 Å². The van der Waals surface area contributed by atoms with Crippen molar-refractivity contribution in [3.63, 3.8) is 0 Å². The first-order chi connectivity index (χ1) is 10.7. The quantitative estimate of drug-likeness (QED) is 0.393. The van der Waals surface area contributed by atoms with Gasteiger partial charge < -0.3 is 4.98 Å². The Morgan fingerprint density at radius 2 is 1.64 bits per heavy atom. The zero-order chi connectivity index (χ0) is 14.8. The molecule has 2 aromatic carbocycles. The van der Waals surface area contributed by atoms with E-state index in [0.29, 0.717) is 0 Å². The van der Waals surface area contributed by atoms with Crippen molar-refractivity contribution in [2.75, 3.05) is 0 Å². The molecule has 2 aliphatic heterocycles. The Morgan fingerprint density at radius 3 is 2.50 bits per heavy atom. The summed E-state index contributed by atoms with van der Waals surface area (Å²) in [7, 11) is 0. The topological polar surface area (TPSA) is 28.7 Å². The lowest BCUT2D eigenvalue weighted by Gasteiger charge is -1.99. The van der Waals surface area contributed by atoms with Crippen molar-refractivity contribution < 1.29 is 0 Å². The average molecular weight is 302 g/mol. The summed E-state index contributed by atoms with van der Waals surface area (Å²) in [5.41, 5.74) is 6.12. The number of fused-ring (bicyclic) bond motifs is 6. The van der Waals surface area contributed by atoms with Gasteiger partial charge in [0, 0.05) is 27.2 Å². The van der Waals surface area contributed by atoms with E-state index in [1.807, 2.05) is 0 Å². The van der Waals surface area contributed by atoms with Crippen LogP contribution < -0.4 is 0 Å². The number of nitrogens with zero attached hydrogens (tertiary/aromatic N) is 1. The van der Waals surface area contributed by atoms with Gasteiger partial charge in [0.25, 0.3) is 0 Å². The number of hydrogen-bond acceptors (Lipinski definition) is 2. The first kappa shape index (κ1) is 12.2. The Balaban J connectivity index is 1.99. The lowest BCUT2D eigenvalue weighted by Crippen LogP contribution is -1.75. The van der Waals surface area contributed by atoms with Gasteiger partial charge in [-0.15, -0.1) is 0 Å². The Morgan fingerprint density at radius 1 is 0.864 bits per heavy atom. The zero-order valence-electron chi connectivity index (χ0n) is 12.4. The molecule has 0 amide bonds. The molecule has 0 saturated carbocycles. The van der Waals surface area contributed by atoms with Gasteiger partial charge in [-0.1, -0.05) is 34.6 Å². The number of aromatic amines is 1. The number of aromatic nitrogens is 2. The van der Waals surface area contributed by atoms with Crippen LogP contribution in [0.15, 0.2) is 42.5 Å². The number of hydrogen-bond donors (Lipinski definition) is 1. The molecule has 0 saturated heterocycles. The second-order valence-corrected chi connectivity index (χ2v) is 7.01. The molecule has 3 aromatic rings. The minimum atomic E-state index is 1.09. The molecular formula is C19H14N2S. The SMILES string of the molecule is Cc1ccc2nc3sc4[nH]c5ccc(C)cc5c4cc-3c2c1. The summed E-state index contributed by atoms with van der Waals surface area (Å²) in [6.07, 6.45) is 0. The smallest absolute Gasteiger partial charge is 0.126 e. The highest BCUT2D eigenvalue weighted by molar-refractivity contribution is 7.21. The van der Waals surface area contributed by atoms with Gasteiger partial charge in [0.05, 0.1) is 5.52 Å². The van der Waals surface area contributed by atoms with Crippen LogP contribution in [-0.4, -0.2) is 9.97 Å². The lowest BCUT2D eigenvalue weighted by atomic mass is 10.1. The molecule has 2 aliphatic rings. The van der Waals surface area contributed by atoms with E-state index in [-0.39, 0.29) is 0 Å². The van der Waals surface area contributed by atoms with E-state index in [0.717, 1.165) is 10.5 Å². The van der Waals surface area contributed by atoms with Gasteiger partial charge in [0.2, 0.25) is 0 Å². The minimum Gasteiger partial charge on any atom is -0.346 e. The normalized spacial score (nSPS) is 12.1.